The number of carbonyl (C=O) groups excluding carboxylic acids is 1. The highest BCUT2D eigenvalue weighted by Crippen LogP contribution is 2.28. The minimum absolute atomic E-state index is 0.0574. The van der Waals surface area contributed by atoms with Crippen LogP contribution in [0.15, 0.2) is 18.2 Å². The van der Waals surface area contributed by atoms with Crippen LogP contribution in [0.1, 0.15) is 32.6 Å². The average Bonchev–Trinajstić information content (AvgIpc) is 2.61. The van der Waals surface area contributed by atoms with Crippen molar-refractivity contribution in [3.63, 3.8) is 0 Å². The van der Waals surface area contributed by atoms with E-state index in [9.17, 15) is 9.18 Å². The first-order valence-corrected chi connectivity index (χ1v) is 9.45. The fraction of sp³-hybridized carbons (Fsp3) is 0.632. The van der Waals surface area contributed by atoms with Gasteiger partial charge in [0.05, 0.1) is 11.9 Å². The van der Waals surface area contributed by atoms with E-state index in [0.29, 0.717) is 17.4 Å². The molecule has 2 aliphatic rings. The Balaban J connectivity index is 1.59. The predicted molar refractivity (Wildman–Crippen MR) is 99.9 cm³/mol. The van der Waals surface area contributed by atoms with Gasteiger partial charge in [-0.3, -0.25) is 5.32 Å². The van der Waals surface area contributed by atoms with Crippen LogP contribution < -0.4 is 20.7 Å². The minimum Gasteiger partial charge on any atom is -0.488 e. The molecule has 0 saturated carbocycles. The van der Waals surface area contributed by atoms with Crippen molar-refractivity contribution in [2.24, 2.45) is 5.92 Å². The Morgan fingerprint density at radius 1 is 1.27 bits per heavy atom. The second kappa shape index (κ2) is 8.68. The molecule has 0 aromatic heterocycles. The van der Waals surface area contributed by atoms with Gasteiger partial charge in [-0.05, 0) is 57.3 Å². The van der Waals surface area contributed by atoms with Crippen molar-refractivity contribution in [2.45, 2.75) is 44.9 Å². The average molecular weight is 364 g/mol. The van der Waals surface area contributed by atoms with Gasteiger partial charge < -0.3 is 20.3 Å². The van der Waals surface area contributed by atoms with E-state index in [0.717, 1.165) is 45.3 Å². The molecule has 0 spiro atoms. The summed E-state index contributed by atoms with van der Waals surface area (Å²) in [7, 11) is 2.09. The first-order chi connectivity index (χ1) is 12.5. The Morgan fingerprint density at radius 3 is 2.73 bits per heavy atom. The lowest BCUT2D eigenvalue weighted by Gasteiger charge is -2.30. The predicted octanol–water partition coefficient (Wildman–Crippen LogP) is 2.77. The van der Waals surface area contributed by atoms with Crippen LogP contribution in [0.3, 0.4) is 0 Å². The maximum atomic E-state index is 13.7. The highest BCUT2D eigenvalue weighted by molar-refractivity contribution is 5.91. The van der Waals surface area contributed by atoms with Crippen LogP contribution in [0.2, 0.25) is 0 Å². The zero-order valence-electron chi connectivity index (χ0n) is 15.6. The third-order valence-corrected chi connectivity index (χ3v) is 5.12. The Hall–Kier alpha value is -1.86. The molecule has 0 radical (unpaired) electrons. The molecule has 0 bridgehead atoms. The van der Waals surface area contributed by atoms with Crippen LogP contribution in [0.25, 0.3) is 0 Å². The van der Waals surface area contributed by atoms with Gasteiger partial charge in [-0.15, -0.1) is 0 Å². The van der Waals surface area contributed by atoms with Crippen molar-refractivity contribution < 1.29 is 13.9 Å². The number of anilines is 1. The lowest BCUT2D eigenvalue weighted by atomic mass is 10.0. The first kappa shape index (κ1) is 18.9. The van der Waals surface area contributed by atoms with Gasteiger partial charge in [0.15, 0.2) is 0 Å². The van der Waals surface area contributed by atoms with E-state index in [2.05, 4.69) is 34.8 Å². The van der Waals surface area contributed by atoms with Crippen molar-refractivity contribution in [3.05, 3.63) is 24.0 Å². The van der Waals surface area contributed by atoms with Gasteiger partial charge in [-0.1, -0.05) is 6.92 Å². The third-order valence-electron chi connectivity index (χ3n) is 5.12. The SMILES string of the molecule is CC1CCC(NC(=O)Nc2cc(F)ccc2OC2CCN(C)CC2)NC1. The number of rotatable bonds is 4. The highest BCUT2D eigenvalue weighted by atomic mass is 19.1. The molecule has 2 heterocycles. The number of benzene rings is 1. The second-order valence-electron chi connectivity index (χ2n) is 7.50. The molecule has 3 rings (SSSR count). The molecule has 2 fully saturated rings. The number of nitrogens with one attached hydrogen (secondary N) is 3. The molecule has 26 heavy (non-hydrogen) atoms. The molecule has 2 atom stereocenters. The zero-order chi connectivity index (χ0) is 18.5. The molecular weight excluding hydrogens is 335 g/mol. The normalized spacial score (nSPS) is 24.9. The lowest BCUT2D eigenvalue weighted by molar-refractivity contribution is 0.115. The fourth-order valence-corrected chi connectivity index (χ4v) is 3.42. The Kier molecular flexibility index (Phi) is 6.32. The summed E-state index contributed by atoms with van der Waals surface area (Å²) in [6, 6.07) is 3.90. The Morgan fingerprint density at radius 2 is 2.04 bits per heavy atom. The van der Waals surface area contributed by atoms with Gasteiger partial charge in [0, 0.05) is 19.2 Å². The zero-order valence-corrected chi connectivity index (χ0v) is 15.6. The van der Waals surface area contributed by atoms with Crippen molar-refractivity contribution in [2.75, 3.05) is 32.0 Å². The van der Waals surface area contributed by atoms with Gasteiger partial charge in [-0.25, -0.2) is 9.18 Å². The van der Waals surface area contributed by atoms with Crippen molar-refractivity contribution in [3.8, 4) is 5.75 Å². The fourth-order valence-electron chi connectivity index (χ4n) is 3.42. The van der Waals surface area contributed by atoms with Crippen LogP contribution in [0.5, 0.6) is 5.75 Å². The van der Waals surface area contributed by atoms with Crippen molar-refractivity contribution >= 4 is 11.7 Å². The highest BCUT2D eigenvalue weighted by Gasteiger charge is 2.22. The summed E-state index contributed by atoms with van der Waals surface area (Å²) in [6.07, 6.45) is 3.83. The molecule has 2 aliphatic heterocycles. The second-order valence-corrected chi connectivity index (χ2v) is 7.50. The standard InChI is InChI=1S/C19H29FN4O2/c1-13-3-6-18(21-12-13)23-19(25)22-16-11-14(20)4-5-17(16)26-15-7-9-24(2)10-8-15/h4-5,11,13,15,18,21H,3,6-10,12H2,1-2H3,(H2,22,23,25). The summed E-state index contributed by atoms with van der Waals surface area (Å²) in [5.41, 5.74) is 0.366. The van der Waals surface area contributed by atoms with E-state index in [1.54, 1.807) is 6.07 Å². The van der Waals surface area contributed by atoms with Crippen molar-refractivity contribution in [1.29, 1.82) is 0 Å². The quantitative estimate of drug-likeness (QED) is 0.769. The van der Waals surface area contributed by atoms with Gasteiger partial charge in [-0.2, -0.15) is 0 Å². The molecule has 2 saturated heterocycles. The van der Waals surface area contributed by atoms with Gasteiger partial charge >= 0.3 is 6.03 Å². The number of likely N-dealkylation sites (tertiary alicyclic amines) is 1. The number of halogens is 1. The first-order valence-electron chi connectivity index (χ1n) is 9.45. The Labute approximate surface area is 154 Å². The number of nitrogens with zero attached hydrogens (tertiary/aromatic N) is 1. The molecule has 6 nitrogen and oxygen atoms in total. The number of carbonyl (C=O) groups is 1. The molecule has 0 aliphatic carbocycles. The van der Waals surface area contributed by atoms with E-state index < -0.39 is 5.82 Å². The molecule has 2 unspecified atom stereocenters. The third kappa shape index (κ3) is 5.32. The summed E-state index contributed by atoms with van der Waals surface area (Å²) in [5.74, 6) is 0.732. The van der Waals surface area contributed by atoms with Gasteiger partial charge in [0.1, 0.15) is 17.7 Å². The van der Waals surface area contributed by atoms with E-state index in [1.165, 1.54) is 12.1 Å². The monoisotopic (exact) mass is 364 g/mol. The molecule has 1 aromatic rings. The number of amides is 2. The topological polar surface area (TPSA) is 65.6 Å². The number of urea groups is 1. The van der Waals surface area contributed by atoms with Crippen LogP contribution in [0.4, 0.5) is 14.9 Å². The lowest BCUT2D eigenvalue weighted by Crippen LogP contribution is -2.50. The molecule has 144 valence electrons. The van der Waals surface area contributed by atoms with Crippen LogP contribution in [-0.2, 0) is 0 Å². The van der Waals surface area contributed by atoms with Gasteiger partial charge in [0.25, 0.3) is 0 Å². The molecule has 7 heteroatoms. The summed E-state index contributed by atoms with van der Waals surface area (Å²) in [5, 5.41) is 8.94. The largest absolute Gasteiger partial charge is 0.488 e. The van der Waals surface area contributed by atoms with Gasteiger partial charge in [0.2, 0.25) is 0 Å². The number of ether oxygens (including phenoxy) is 1. The number of hydrogen-bond donors (Lipinski definition) is 3. The summed E-state index contributed by atoms with van der Waals surface area (Å²) >= 11 is 0. The summed E-state index contributed by atoms with van der Waals surface area (Å²) in [6.45, 7) is 5.01. The molecule has 2 amide bonds. The number of hydrogen-bond acceptors (Lipinski definition) is 4. The maximum absolute atomic E-state index is 13.7. The summed E-state index contributed by atoms with van der Waals surface area (Å²) < 4.78 is 19.7. The smallest absolute Gasteiger partial charge is 0.320 e. The van der Waals surface area contributed by atoms with Crippen molar-refractivity contribution in [1.82, 2.24) is 15.5 Å². The van der Waals surface area contributed by atoms with Crippen LogP contribution in [0, 0.1) is 11.7 Å². The molecule has 1 aromatic carbocycles. The summed E-state index contributed by atoms with van der Waals surface area (Å²) in [4.78, 5) is 14.6. The van der Waals surface area contributed by atoms with Crippen LogP contribution in [-0.4, -0.2) is 49.9 Å². The van der Waals surface area contributed by atoms with E-state index in [-0.39, 0.29) is 18.3 Å². The number of piperidine rings is 2. The van der Waals surface area contributed by atoms with Crippen LogP contribution >= 0.6 is 0 Å². The van der Waals surface area contributed by atoms with E-state index in [1.807, 2.05) is 0 Å². The Bertz CT molecular complexity index is 612. The van der Waals surface area contributed by atoms with E-state index in [4.69, 9.17) is 4.74 Å². The minimum atomic E-state index is -0.402. The molecular formula is C19H29FN4O2. The maximum Gasteiger partial charge on any atom is 0.320 e. The van der Waals surface area contributed by atoms with E-state index >= 15 is 0 Å². The molecule has 3 N–H and O–H groups in total.